The second-order valence-electron chi connectivity index (χ2n) is 10.8. The lowest BCUT2D eigenvalue weighted by Gasteiger charge is -2.27. The maximum absolute atomic E-state index is 13.6. The molecule has 8 heteroatoms. The van der Waals surface area contributed by atoms with Crippen LogP contribution in [-0.4, -0.2) is 44.4 Å². The van der Waals surface area contributed by atoms with Crippen LogP contribution in [0.4, 0.5) is 9.18 Å². The molecule has 0 saturated carbocycles. The van der Waals surface area contributed by atoms with Crippen LogP contribution in [0, 0.1) is 5.82 Å². The molecule has 0 saturated heterocycles. The van der Waals surface area contributed by atoms with E-state index >= 15 is 0 Å². The molecule has 1 unspecified atom stereocenters. The summed E-state index contributed by atoms with van der Waals surface area (Å²) in [6, 6.07) is 6.51. The molecule has 3 rings (SSSR count). The number of aromatic nitrogens is 3. The lowest BCUT2D eigenvalue weighted by Crippen LogP contribution is -2.37. The molecule has 0 aliphatic rings. The van der Waals surface area contributed by atoms with Gasteiger partial charge in [0, 0.05) is 30.0 Å². The molecule has 6 nitrogen and oxygen atoms in total. The largest absolute Gasteiger partial charge is 0.444 e. The minimum atomic E-state index is -0.514. The van der Waals surface area contributed by atoms with E-state index in [0.717, 1.165) is 33.9 Å². The molecule has 0 spiro atoms. The highest BCUT2D eigenvalue weighted by atomic mass is 32.1. The summed E-state index contributed by atoms with van der Waals surface area (Å²) < 4.78 is 21.1. The van der Waals surface area contributed by atoms with Gasteiger partial charge in [-0.15, -0.1) is 11.3 Å². The van der Waals surface area contributed by atoms with E-state index in [-0.39, 0.29) is 23.4 Å². The Morgan fingerprint density at radius 3 is 2.40 bits per heavy atom. The van der Waals surface area contributed by atoms with Crippen molar-refractivity contribution in [2.75, 3.05) is 13.1 Å². The van der Waals surface area contributed by atoms with Gasteiger partial charge in [0.05, 0.1) is 28.7 Å². The van der Waals surface area contributed by atoms with Gasteiger partial charge in [-0.05, 0) is 79.2 Å². The summed E-state index contributed by atoms with van der Waals surface area (Å²) in [6.07, 6.45) is 2.34. The van der Waals surface area contributed by atoms with Crippen LogP contribution < -0.4 is 0 Å². The third-order valence-corrected chi connectivity index (χ3v) is 6.54. The topological polar surface area (TPSA) is 60.2 Å². The van der Waals surface area contributed by atoms with E-state index in [0.29, 0.717) is 13.1 Å². The van der Waals surface area contributed by atoms with Gasteiger partial charge in [0.1, 0.15) is 16.4 Å². The van der Waals surface area contributed by atoms with E-state index < -0.39 is 5.60 Å². The first kappa shape index (κ1) is 26.9. The minimum Gasteiger partial charge on any atom is -0.444 e. The van der Waals surface area contributed by atoms with Crippen molar-refractivity contribution in [2.45, 2.75) is 78.9 Å². The number of thiazole rings is 1. The van der Waals surface area contributed by atoms with Crippen molar-refractivity contribution < 1.29 is 13.9 Å². The number of carbonyl (C=O) groups excluding carboxylic acids is 1. The zero-order valence-electron chi connectivity index (χ0n) is 22.1. The molecule has 0 bridgehead atoms. The number of amides is 1. The van der Waals surface area contributed by atoms with E-state index in [1.807, 2.05) is 38.6 Å². The fraction of sp³-hybridized carbons (Fsp3) is 0.519. The summed E-state index contributed by atoms with van der Waals surface area (Å²) in [7, 11) is 0. The summed E-state index contributed by atoms with van der Waals surface area (Å²) in [5.41, 5.74) is 2.97. The maximum atomic E-state index is 13.6. The molecule has 2 heterocycles. The van der Waals surface area contributed by atoms with E-state index in [2.05, 4.69) is 38.2 Å². The number of nitrogens with zero attached hydrogens (tertiary/aromatic N) is 4. The summed E-state index contributed by atoms with van der Waals surface area (Å²) >= 11 is 1.58. The van der Waals surface area contributed by atoms with Gasteiger partial charge < -0.3 is 9.64 Å². The molecule has 0 radical (unpaired) electrons. The van der Waals surface area contributed by atoms with Crippen LogP contribution in [0.15, 0.2) is 35.8 Å². The highest BCUT2D eigenvalue weighted by Gasteiger charge is 2.25. The van der Waals surface area contributed by atoms with Crippen molar-refractivity contribution in [3.63, 3.8) is 0 Å². The molecule has 190 valence electrons. The van der Waals surface area contributed by atoms with Gasteiger partial charge in [0.2, 0.25) is 0 Å². The quantitative estimate of drug-likeness (QED) is 0.341. The van der Waals surface area contributed by atoms with Crippen molar-refractivity contribution in [1.29, 1.82) is 0 Å². The molecule has 1 atom stereocenters. The van der Waals surface area contributed by atoms with E-state index in [1.54, 1.807) is 28.4 Å². The van der Waals surface area contributed by atoms with Gasteiger partial charge in [-0.1, -0.05) is 6.92 Å². The van der Waals surface area contributed by atoms with Gasteiger partial charge in [-0.2, -0.15) is 5.10 Å². The highest BCUT2D eigenvalue weighted by Crippen LogP contribution is 2.37. The third-order valence-electron chi connectivity index (χ3n) is 5.65. The second-order valence-corrected chi connectivity index (χ2v) is 11.7. The first-order chi connectivity index (χ1) is 16.3. The Hall–Kier alpha value is -2.74. The van der Waals surface area contributed by atoms with Gasteiger partial charge in [0.25, 0.3) is 0 Å². The van der Waals surface area contributed by atoms with Crippen LogP contribution in [-0.2, 0) is 10.3 Å². The summed E-state index contributed by atoms with van der Waals surface area (Å²) in [5, 5.41) is 7.62. The predicted molar refractivity (Wildman–Crippen MR) is 140 cm³/mol. The Balaban J connectivity index is 1.82. The Morgan fingerprint density at radius 1 is 1.17 bits per heavy atom. The van der Waals surface area contributed by atoms with Crippen molar-refractivity contribution >= 4 is 17.4 Å². The second kappa shape index (κ2) is 10.5. The first-order valence-electron chi connectivity index (χ1n) is 12.1. The molecule has 35 heavy (non-hydrogen) atoms. The van der Waals surface area contributed by atoms with Crippen LogP contribution in [0.25, 0.3) is 21.8 Å². The Morgan fingerprint density at radius 2 is 1.83 bits per heavy atom. The van der Waals surface area contributed by atoms with Crippen molar-refractivity contribution in [3.8, 4) is 21.8 Å². The molecule has 1 aromatic carbocycles. The monoisotopic (exact) mass is 500 g/mol. The molecule has 2 aromatic heterocycles. The molecule has 3 aromatic rings. The lowest BCUT2D eigenvalue weighted by molar-refractivity contribution is 0.0255. The van der Waals surface area contributed by atoms with Crippen LogP contribution in [0.5, 0.6) is 0 Å². The maximum Gasteiger partial charge on any atom is 0.410 e. The Labute approximate surface area is 212 Å². The molecule has 1 amide bonds. The van der Waals surface area contributed by atoms with Gasteiger partial charge in [-0.25, -0.2) is 14.2 Å². The molecule has 0 aliphatic carbocycles. The average molecular weight is 501 g/mol. The van der Waals surface area contributed by atoms with Crippen LogP contribution in [0.2, 0.25) is 0 Å². The van der Waals surface area contributed by atoms with Crippen LogP contribution in [0.1, 0.15) is 73.4 Å². The molecule has 0 aliphatic heterocycles. The van der Waals surface area contributed by atoms with Crippen molar-refractivity contribution in [3.05, 3.63) is 47.4 Å². The van der Waals surface area contributed by atoms with Gasteiger partial charge >= 0.3 is 6.09 Å². The Kier molecular flexibility index (Phi) is 8.04. The number of halogens is 1. The number of carbonyl (C=O) groups is 1. The first-order valence-corrected chi connectivity index (χ1v) is 13.0. The van der Waals surface area contributed by atoms with Crippen molar-refractivity contribution in [1.82, 2.24) is 19.7 Å². The summed E-state index contributed by atoms with van der Waals surface area (Å²) in [4.78, 5) is 19.1. The molecule has 0 N–H and O–H groups in total. The lowest BCUT2D eigenvalue weighted by atomic mass is 10.0. The fourth-order valence-electron chi connectivity index (χ4n) is 3.74. The van der Waals surface area contributed by atoms with Gasteiger partial charge in [-0.3, -0.25) is 4.68 Å². The average Bonchev–Trinajstić information content (AvgIpc) is 3.40. The molecular weight excluding hydrogens is 463 g/mol. The third kappa shape index (κ3) is 6.69. The zero-order valence-corrected chi connectivity index (χ0v) is 22.9. The molecule has 0 fully saturated rings. The molecular formula is C27H37FN4O2S. The van der Waals surface area contributed by atoms with Crippen LogP contribution in [0.3, 0.4) is 0 Å². The SMILES string of the molecule is CCN(CCC(C)c1csc(-c2cnn(C(C)(C)C)c2-c2ccc(F)cc2)n1)C(=O)OC(C)(C)C. The predicted octanol–water partition coefficient (Wildman–Crippen LogP) is 7.32. The number of rotatable bonds is 7. The van der Waals surface area contributed by atoms with Crippen LogP contribution >= 0.6 is 11.3 Å². The number of ether oxygens (including phenoxy) is 1. The van der Waals surface area contributed by atoms with E-state index in [9.17, 15) is 9.18 Å². The number of hydrogen-bond acceptors (Lipinski definition) is 5. The zero-order chi connectivity index (χ0) is 26.0. The van der Waals surface area contributed by atoms with Gasteiger partial charge in [0.15, 0.2) is 0 Å². The minimum absolute atomic E-state index is 0.170. The Bertz CT molecular complexity index is 1140. The highest BCUT2D eigenvalue weighted by molar-refractivity contribution is 7.13. The van der Waals surface area contributed by atoms with E-state index in [4.69, 9.17) is 9.72 Å². The fourth-order valence-corrected chi connectivity index (χ4v) is 4.69. The smallest absolute Gasteiger partial charge is 0.410 e. The standard InChI is InChI=1S/C27H37FN4O2S/c1-9-31(25(33)34-27(6,7)8)15-14-18(2)22-17-35-24(30-22)21-16-29-32(26(3,4)5)23(21)19-10-12-20(28)13-11-19/h10-13,16-18H,9,14-15H2,1-8H3. The normalized spacial score (nSPS) is 13.1. The number of hydrogen-bond donors (Lipinski definition) is 0. The summed E-state index contributed by atoms with van der Waals surface area (Å²) in [5.74, 6) is -0.0987. The van der Waals surface area contributed by atoms with E-state index in [1.165, 1.54) is 12.1 Å². The summed E-state index contributed by atoms with van der Waals surface area (Å²) in [6.45, 7) is 17.2. The van der Waals surface area contributed by atoms with Crippen molar-refractivity contribution in [2.24, 2.45) is 0 Å². The number of benzene rings is 1.